The molecule has 0 saturated carbocycles. The zero-order valence-electron chi connectivity index (χ0n) is 7.79. The van der Waals surface area contributed by atoms with Gasteiger partial charge in [0.05, 0.1) is 11.1 Å². The number of rotatable bonds is 3. The van der Waals surface area contributed by atoms with Gasteiger partial charge in [0.25, 0.3) is 10.0 Å². The summed E-state index contributed by atoms with van der Waals surface area (Å²) in [7, 11) is -3.69. The molecule has 5 nitrogen and oxygen atoms in total. The minimum Gasteiger partial charge on any atom is -0.268 e. The Balaban J connectivity index is 2.29. The lowest BCUT2D eigenvalue weighted by atomic mass is 10.4. The Morgan fingerprint density at radius 3 is 2.50 bits per heavy atom. The monoisotopic (exact) mass is 259 g/mol. The van der Waals surface area contributed by atoms with Gasteiger partial charge in [-0.25, -0.2) is 12.8 Å². The number of nitrogens with one attached hydrogen (secondary N) is 1. The summed E-state index contributed by atoms with van der Waals surface area (Å²) in [5.74, 6) is -0.488. The van der Waals surface area contributed by atoms with Gasteiger partial charge in [0.2, 0.25) is 0 Å². The molecule has 0 bridgehead atoms. The molecule has 0 aliphatic carbocycles. The summed E-state index contributed by atoms with van der Waals surface area (Å²) in [6, 6.07) is 4.54. The highest BCUT2D eigenvalue weighted by molar-refractivity contribution is 7.93. The second-order valence-corrected chi connectivity index (χ2v) is 5.31. The number of hydrogen-bond acceptors (Lipinski definition) is 5. The Bertz CT molecular complexity index is 566. The Morgan fingerprint density at radius 2 is 1.94 bits per heavy atom. The largest absolute Gasteiger partial charge is 0.268 e. The second kappa shape index (κ2) is 4.14. The smallest absolute Gasteiger partial charge is 0.262 e. The fourth-order valence-electron chi connectivity index (χ4n) is 1.02. The van der Waals surface area contributed by atoms with Crippen molar-refractivity contribution in [1.82, 2.24) is 9.59 Å². The first-order chi connectivity index (χ1) is 7.58. The molecular weight excluding hydrogens is 253 g/mol. The van der Waals surface area contributed by atoms with Crippen molar-refractivity contribution < 1.29 is 12.8 Å². The van der Waals surface area contributed by atoms with Crippen LogP contribution in [0, 0.1) is 5.82 Å². The standard InChI is InChI=1S/C8H6FN3O2S2/c9-6-1-3-7(4-2-6)16(13,14)11-8-5-10-12-15-8/h1-5,11H. The van der Waals surface area contributed by atoms with Gasteiger partial charge in [0.15, 0.2) is 0 Å². The van der Waals surface area contributed by atoms with Crippen LogP contribution in [-0.4, -0.2) is 18.0 Å². The molecule has 1 N–H and O–H groups in total. The van der Waals surface area contributed by atoms with Gasteiger partial charge < -0.3 is 0 Å². The normalized spacial score (nSPS) is 11.3. The van der Waals surface area contributed by atoms with Crippen molar-refractivity contribution in [3.8, 4) is 0 Å². The highest BCUT2D eigenvalue weighted by Crippen LogP contribution is 2.17. The van der Waals surface area contributed by atoms with E-state index in [9.17, 15) is 12.8 Å². The highest BCUT2D eigenvalue weighted by atomic mass is 32.2. The molecule has 8 heteroatoms. The van der Waals surface area contributed by atoms with Crippen molar-refractivity contribution in [1.29, 1.82) is 0 Å². The molecule has 0 radical (unpaired) electrons. The molecular formula is C8H6FN3O2S2. The van der Waals surface area contributed by atoms with E-state index in [1.807, 2.05) is 0 Å². The van der Waals surface area contributed by atoms with Crippen molar-refractivity contribution in [2.24, 2.45) is 0 Å². The van der Waals surface area contributed by atoms with Gasteiger partial charge in [-0.1, -0.05) is 4.49 Å². The minimum atomic E-state index is -3.69. The van der Waals surface area contributed by atoms with Gasteiger partial charge in [-0.05, 0) is 24.3 Å². The number of benzene rings is 1. The summed E-state index contributed by atoms with van der Waals surface area (Å²) in [5, 5.41) is 3.81. The maximum atomic E-state index is 12.6. The number of anilines is 1. The number of halogens is 1. The van der Waals surface area contributed by atoms with Crippen LogP contribution in [-0.2, 0) is 10.0 Å². The minimum absolute atomic E-state index is 0.0118. The second-order valence-electron chi connectivity index (χ2n) is 2.84. The van der Waals surface area contributed by atoms with Crippen LogP contribution in [0.3, 0.4) is 0 Å². The first-order valence-electron chi connectivity index (χ1n) is 4.14. The van der Waals surface area contributed by atoms with Crippen LogP contribution >= 0.6 is 11.5 Å². The van der Waals surface area contributed by atoms with Gasteiger partial charge in [0.1, 0.15) is 10.8 Å². The number of nitrogens with zero attached hydrogens (tertiary/aromatic N) is 2. The van der Waals surface area contributed by atoms with Gasteiger partial charge in [-0.15, -0.1) is 5.10 Å². The molecule has 84 valence electrons. The molecule has 0 saturated heterocycles. The number of hydrogen-bond donors (Lipinski definition) is 1. The van der Waals surface area contributed by atoms with Crippen molar-refractivity contribution >= 4 is 26.6 Å². The molecule has 0 atom stereocenters. The van der Waals surface area contributed by atoms with E-state index in [0.29, 0.717) is 5.00 Å². The van der Waals surface area contributed by atoms with Crippen LogP contribution in [0.5, 0.6) is 0 Å². The lowest BCUT2D eigenvalue weighted by Gasteiger charge is -2.04. The third-order valence-corrected chi connectivity index (χ3v) is 3.81. The van der Waals surface area contributed by atoms with E-state index in [0.717, 1.165) is 23.7 Å². The maximum absolute atomic E-state index is 12.6. The van der Waals surface area contributed by atoms with E-state index in [4.69, 9.17) is 0 Å². The van der Waals surface area contributed by atoms with Crippen LogP contribution in [0.25, 0.3) is 0 Å². The van der Waals surface area contributed by atoms with Crippen LogP contribution in [0.1, 0.15) is 0 Å². The van der Waals surface area contributed by atoms with E-state index in [-0.39, 0.29) is 4.90 Å². The Hall–Kier alpha value is -1.54. The number of aromatic nitrogens is 2. The van der Waals surface area contributed by atoms with Gasteiger partial charge in [0, 0.05) is 11.5 Å². The summed E-state index contributed by atoms with van der Waals surface area (Å²) in [6.45, 7) is 0. The summed E-state index contributed by atoms with van der Waals surface area (Å²) in [5.41, 5.74) is 0. The van der Waals surface area contributed by atoms with Crippen LogP contribution in [0.15, 0.2) is 35.4 Å². The maximum Gasteiger partial charge on any atom is 0.262 e. The predicted molar refractivity (Wildman–Crippen MR) is 57.1 cm³/mol. The summed E-state index contributed by atoms with van der Waals surface area (Å²) < 4.78 is 41.9. The molecule has 0 amide bonds. The molecule has 0 aliphatic heterocycles. The van der Waals surface area contributed by atoms with E-state index >= 15 is 0 Å². The Labute approximate surface area is 95.2 Å². The molecule has 2 rings (SSSR count). The van der Waals surface area contributed by atoms with Crippen molar-refractivity contribution in [2.45, 2.75) is 4.90 Å². The SMILES string of the molecule is O=S(=O)(Nc1cnns1)c1ccc(F)cc1. The van der Waals surface area contributed by atoms with Crippen molar-refractivity contribution in [2.75, 3.05) is 4.72 Å². The third-order valence-electron chi connectivity index (χ3n) is 1.72. The Kier molecular flexibility index (Phi) is 2.84. The first kappa shape index (κ1) is 11.0. The van der Waals surface area contributed by atoms with E-state index in [2.05, 4.69) is 14.3 Å². The third kappa shape index (κ3) is 2.34. The molecule has 1 aromatic heterocycles. The summed E-state index contributed by atoms with van der Waals surface area (Å²) in [6.07, 6.45) is 1.30. The number of sulfonamides is 1. The lowest BCUT2D eigenvalue weighted by molar-refractivity contribution is 0.600. The molecule has 1 aromatic carbocycles. The van der Waals surface area contributed by atoms with Gasteiger partial charge in [-0.3, -0.25) is 4.72 Å². The predicted octanol–water partition coefficient (Wildman–Crippen LogP) is 1.48. The average molecular weight is 259 g/mol. The molecule has 0 aliphatic rings. The van der Waals surface area contributed by atoms with Crippen LogP contribution in [0.4, 0.5) is 9.39 Å². The van der Waals surface area contributed by atoms with Gasteiger partial charge in [-0.2, -0.15) is 0 Å². The zero-order valence-corrected chi connectivity index (χ0v) is 9.43. The van der Waals surface area contributed by atoms with Crippen LogP contribution < -0.4 is 4.72 Å². The lowest BCUT2D eigenvalue weighted by Crippen LogP contribution is -2.11. The Morgan fingerprint density at radius 1 is 1.25 bits per heavy atom. The fourth-order valence-corrected chi connectivity index (χ4v) is 2.70. The molecule has 1 heterocycles. The van der Waals surface area contributed by atoms with Crippen molar-refractivity contribution in [3.63, 3.8) is 0 Å². The zero-order chi connectivity index (χ0) is 11.6. The van der Waals surface area contributed by atoms with E-state index < -0.39 is 15.8 Å². The summed E-state index contributed by atoms with van der Waals surface area (Å²) >= 11 is 0.922. The average Bonchev–Trinajstić information content (AvgIpc) is 2.70. The quantitative estimate of drug-likeness (QED) is 0.906. The van der Waals surface area contributed by atoms with E-state index in [1.165, 1.54) is 18.3 Å². The molecule has 0 spiro atoms. The van der Waals surface area contributed by atoms with Crippen molar-refractivity contribution in [3.05, 3.63) is 36.3 Å². The topological polar surface area (TPSA) is 72.0 Å². The fraction of sp³-hybridized carbons (Fsp3) is 0. The summed E-state index contributed by atoms with van der Waals surface area (Å²) in [4.78, 5) is -0.0118. The molecule has 0 unspecified atom stereocenters. The molecule has 2 aromatic rings. The molecule has 0 fully saturated rings. The van der Waals surface area contributed by atoms with E-state index in [1.54, 1.807) is 0 Å². The van der Waals surface area contributed by atoms with Gasteiger partial charge >= 0.3 is 0 Å². The first-order valence-corrected chi connectivity index (χ1v) is 6.39. The molecule has 16 heavy (non-hydrogen) atoms. The highest BCUT2D eigenvalue weighted by Gasteiger charge is 2.14. The van der Waals surface area contributed by atoms with Crippen LogP contribution in [0.2, 0.25) is 0 Å².